The summed E-state index contributed by atoms with van der Waals surface area (Å²) in [5, 5.41) is 3.27. The fraction of sp³-hybridized carbons (Fsp3) is 0.333. The quantitative estimate of drug-likeness (QED) is 0.727. The number of rotatable bonds is 3. The molecule has 0 aliphatic carbocycles. The van der Waals surface area contributed by atoms with Gasteiger partial charge in [-0.3, -0.25) is 4.90 Å². The first kappa shape index (κ1) is 11.3. The molecule has 0 amide bonds. The van der Waals surface area contributed by atoms with E-state index in [1.807, 2.05) is 32.3 Å². The van der Waals surface area contributed by atoms with Crippen LogP contribution in [0.3, 0.4) is 0 Å². The standard InChI is InChI=1S/C9H14N2.ClH/c1-11(2)8-10-9-6-4-3-5-7-9;/h3-7,10H,8H2,1-2H3;1H. The lowest BCUT2D eigenvalue weighted by Gasteiger charge is -2.11. The summed E-state index contributed by atoms with van der Waals surface area (Å²) in [6.07, 6.45) is 0. The maximum atomic E-state index is 3.27. The molecule has 0 fully saturated rings. The first-order valence-electron chi connectivity index (χ1n) is 3.72. The summed E-state index contributed by atoms with van der Waals surface area (Å²) in [4.78, 5) is 2.09. The second-order valence-electron chi connectivity index (χ2n) is 2.78. The maximum absolute atomic E-state index is 3.27. The molecular weight excluding hydrogens is 172 g/mol. The Morgan fingerprint density at radius 2 is 1.75 bits per heavy atom. The van der Waals surface area contributed by atoms with Crippen molar-refractivity contribution in [3.63, 3.8) is 0 Å². The van der Waals surface area contributed by atoms with Gasteiger partial charge in [0.2, 0.25) is 0 Å². The van der Waals surface area contributed by atoms with Crippen LogP contribution in [0.15, 0.2) is 30.3 Å². The molecule has 68 valence electrons. The molecule has 0 aromatic heterocycles. The van der Waals surface area contributed by atoms with Gasteiger partial charge in [-0.1, -0.05) is 18.2 Å². The van der Waals surface area contributed by atoms with E-state index in [1.54, 1.807) is 0 Å². The zero-order valence-corrected chi connectivity index (χ0v) is 8.27. The predicted octanol–water partition coefficient (Wildman–Crippen LogP) is 2.04. The smallest absolute Gasteiger partial charge is 0.0673 e. The number of nitrogens with zero attached hydrogens (tertiary/aromatic N) is 1. The third-order valence-electron chi connectivity index (χ3n) is 1.37. The molecule has 3 heteroatoms. The van der Waals surface area contributed by atoms with Crippen LogP contribution in [-0.2, 0) is 0 Å². The van der Waals surface area contributed by atoms with Gasteiger partial charge in [0, 0.05) is 5.69 Å². The average Bonchev–Trinajstić information content (AvgIpc) is 2.03. The number of hydrogen-bond donors (Lipinski definition) is 1. The normalized spacial score (nSPS) is 9.25. The fourth-order valence-corrected chi connectivity index (χ4v) is 0.805. The first-order valence-corrected chi connectivity index (χ1v) is 3.72. The third kappa shape index (κ3) is 4.21. The predicted molar refractivity (Wildman–Crippen MR) is 55.9 cm³/mol. The number of anilines is 1. The van der Waals surface area contributed by atoms with E-state index < -0.39 is 0 Å². The van der Waals surface area contributed by atoms with Crippen molar-refractivity contribution in [2.75, 3.05) is 26.1 Å². The van der Waals surface area contributed by atoms with E-state index in [1.165, 1.54) is 5.69 Å². The Morgan fingerprint density at radius 1 is 1.17 bits per heavy atom. The van der Waals surface area contributed by atoms with Gasteiger partial charge in [0.1, 0.15) is 0 Å². The molecule has 1 aromatic carbocycles. The van der Waals surface area contributed by atoms with Gasteiger partial charge in [-0.05, 0) is 26.2 Å². The van der Waals surface area contributed by atoms with Gasteiger partial charge in [0.05, 0.1) is 6.67 Å². The largest absolute Gasteiger partial charge is 0.372 e. The zero-order valence-electron chi connectivity index (χ0n) is 7.45. The maximum Gasteiger partial charge on any atom is 0.0673 e. The van der Waals surface area contributed by atoms with Gasteiger partial charge in [-0.25, -0.2) is 0 Å². The van der Waals surface area contributed by atoms with E-state index in [0.717, 1.165) is 6.67 Å². The highest BCUT2D eigenvalue weighted by molar-refractivity contribution is 5.85. The van der Waals surface area contributed by atoms with E-state index in [4.69, 9.17) is 0 Å². The van der Waals surface area contributed by atoms with Gasteiger partial charge in [-0.2, -0.15) is 0 Å². The van der Waals surface area contributed by atoms with Crippen molar-refractivity contribution < 1.29 is 0 Å². The van der Waals surface area contributed by atoms with Crippen LogP contribution >= 0.6 is 12.4 Å². The molecule has 0 aliphatic heterocycles. The van der Waals surface area contributed by atoms with Gasteiger partial charge >= 0.3 is 0 Å². The minimum atomic E-state index is 0. The summed E-state index contributed by atoms with van der Waals surface area (Å²) >= 11 is 0. The molecule has 0 unspecified atom stereocenters. The molecule has 2 nitrogen and oxygen atoms in total. The summed E-state index contributed by atoms with van der Waals surface area (Å²) in [6.45, 7) is 0.879. The molecule has 0 saturated heterocycles. The van der Waals surface area contributed by atoms with Gasteiger partial charge in [0.15, 0.2) is 0 Å². The summed E-state index contributed by atoms with van der Waals surface area (Å²) < 4.78 is 0. The molecule has 1 N–H and O–H groups in total. The van der Waals surface area contributed by atoms with Crippen molar-refractivity contribution in [1.29, 1.82) is 0 Å². The van der Waals surface area contributed by atoms with Crippen molar-refractivity contribution in [2.24, 2.45) is 0 Å². The number of halogens is 1. The second kappa shape index (κ2) is 5.86. The lowest BCUT2D eigenvalue weighted by Crippen LogP contribution is -2.20. The minimum Gasteiger partial charge on any atom is -0.372 e. The van der Waals surface area contributed by atoms with Crippen molar-refractivity contribution >= 4 is 18.1 Å². The van der Waals surface area contributed by atoms with E-state index >= 15 is 0 Å². The molecule has 0 atom stereocenters. The van der Waals surface area contributed by atoms with Crippen molar-refractivity contribution in [3.05, 3.63) is 30.3 Å². The highest BCUT2D eigenvalue weighted by atomic mass is 35.5. The Bertz CT molecular complexity index is 199. The molecule has 12 heavy (non-hydrogen) atoms. The van der Waals surface area contributed by atoms with Crippen LogP contribution in [0.2, 0.25) is 0 Å². The Kier molecular flexibility index (Phi) is 5.51. The number of nitrogens with one attached hydrogen (secondary N) is 1. The van der Waals surface area contributed by atoms with Crippen molar-refractivity contribution in [1.82, 2.24) is 4.90 Å². The summed E-state index contributed by atoms with van der Waals surface area (Å²) in [6, 6.07) is 10.2. The van der Waals surface area contributed by atoms with E-state index in [9.17, 15) is 0 Å². The van der Waals surface area contributed by atoms with Crippen LogP contribution in [0.5, 0.6) is 0 Å². The Labute approximate surface area is 80.0 Å². The van der Waals surface area contributed by atoms with Crippen LogP contribution in [-0.4, -0.2) is 25.7 Å². The van der Waals surface area contributed by atoms with Crippen LogP contribution < -0.4 is 5.32 Å². The molecule has 0 heterocycles. The van der Waals surface area contributed by atoms with Crippen LogP contribution in [0.25, 0.3) is 0 Å². The Hall–Kier alpha value is -0.730. The average molecular weight is 187 g/mol. The molecule has 0 saturated carbocycles. The molecule has 0 spiro atoms. The van der Waals surface area contributed by atoms with E-state index in [2.05, 4.69) is 22.3 Å². The van der Waals surface area contributed by atoms with Gasteiger partial charge < -0.3 is 5.32 Å². The Morgan fingerprint density at radius 3 is 2.25 bits per heavy atom. The zero-order chi connectivity index (χ0) is 8.10. The summed E-state index contributed by atoms with van der Waals surface area (Å²) in [5.41, 5.74) is 1.17. The van der Waals surface area contributed by atoms with E-state index in [-0.39, 0.29) is 12.4 Å². The van der Waals surface area contributed by atoms with Gasteiger partial charge in [0.25, 0.3) is 0 Å². The number of para-hydroxylation sites is 1. The number of benzene rings is 1. The van der Waals surface area contributed by atoms with Crippen molar-refractivity contribution in [3.8, 4) is 0 Å². The molecule has 0 radical (unpaired) electrons. The molecule has 1 rings (SSSR count). The fourth-order valence-electron chi connectivity index (χ4n) is 0.805. The highest BCUT2D eigenvalue weighted by Gasteiger charge is 1.88. The minimum absolute atomic E-state index is 0. The lowest BCUT2D eigenvalue weighted by atomic mass is 10.3. The van der Waals surface area contributed by atoms with Crippen LogP contribution in [0.1, 0.15) is 0 Å². The Balaban J connectivity index is 0.00000121. The lowest BCUT2D eigenvalue weighted by molar-refractivity contribution is 0.440. The first-order chi connectivity index (χ1) is 5.29. The SMILES string of the molecule is CN(C)CNc1ccccc1.Cl. The topological polar surface area (TPSA) is 15.3 Å². The molecule has 0 bridgehead atoms. The summed E-state index contributed by atoms with van der Waals surface area (Å²) in [5.74, 6) is 0. The van der Waals surface area contributed by atoms with Crippen LogP contribution in [0.4, 0.5) is 5.69 Å². The number of hydrogen-bond acceptors (Lipinski definition) is 2. The summed E-state index contributed by atoms with van der Waals surface area (Å²) in [7, 11) is 4.08. The second-order valence-corrected chi connectivity index (χ2v) is 2.78. The van der Waals surface area contributed by atoms with Crippen LogP contribution in [0, 0.1) is 0 Å². The van der Waals surface area contributed by atoms with Crippen molar-refractivity contribution in [2.45, 2.75) is 0 Å². The highest BCUT2D eigenvalue weighted by Crippen LogP contribution is 2.03. The third-order valence-corrected chi connectivity index (χ3v) is 1.37. The molecular formula is C9H15ClN2. The van der Waals surface area contributed by atoms with E-state index in [0.29, 0.717) is 0 Å². The van der Waals surface area contributed by atoms with Gasteiger partial charge in [-0.15, -0.1) is 12.4 Å². The molecule has 1 aromatic rings. The molecule has 0 aliphatic rings. The monoisotopic (exact) mass is 186 g/mol.